The Bertz CT molecular complexity index is 1180. The Labute approximate surface area is 219 Å². The molecule has 0 saturated heterocycles. The molecule has 0 spiro atoms. The van der Waals surface area contributed by atoms with E-state index in [1.165, 1.54) is 0 Å². The summed E-state index contributed by atoms with van der Waals surface area (Å²) in [5.41, 5.74) is 4.29. The van der Waals surface area contributed by atoms with E-state index in [0.717, 1.165) is 48.2 Å². The molecular weight excluding hydrogens is 468 g/mol. The average molecular weight is 509 g/mol. The molecule has 0 bridgehead atoms. The van der Waals surface area contributed by atoms with E-state index in [1.807, 2.05) is 58.9 Å². The molecule has 1 aliphatic carbocycles. The van der Waals surface area contributed by atoms with Crippen molar-refractivity contribution in [1.29, 1.82) is 0 Å². The molecule has 37 heavy (non-hydrogen) atoms. The number of benzene rings is 2. The second kappa shape index (κ2) is 10.7. The van der Waals surface area contributed by atoms with Crippen molar-refractivity contribution >= 4 is 17.6 Å². The van der Waals surface area contributed by atoms with Crippen molar-refractivity contribution in [2.45, 2.75) is 85.0 Å². The lowest BCUT2D eigenvalue weighted by atomic mass is 9.84. The molecular formula is C30H40N2O5. The van der Waals surface area contributed by atoms with E-state index in [4.69, 9.17) is 9.47 Å². The van der Waals surface area contributed by atoms with Crippen LogP contribution in [-0.2, 0) is 9.53 Å². The Kier molecular flexibility index (Phi) is 7.83. The average Bonchev–Trinajstić information content (AvgIpc) is 2.84. The maximum absolute atomic E-state index is 13.5. The fourth-order valence-electron chi connectivity index (χ4n) is 5.43. The number of fused-ring (bicyclic) bond motifs is 1. The largest absolute Gasteiger partial charge is 0.490 e. The minimum Gasteiger partial charge on any atom is -0.490 e. The van der Waals surface area contributed by atoms with Crippen LogP contribution in [0.1, 0.15) is 86.5 Å². The van der Waals surface area contributed by atoms with E-state index in [0.29, 0.717) is 41.3 Å². The number of nitrogens with one attached hydrogen (secondary N) is 2. The van der Waals surface area contributed by atoms with Gasteiger partial charge in [-0.1, -0.05) is 13.0 Å². The molecule has 1 atom stereocenters. The molecule has 2 aliphatic rings. The number of hydrogen-bond acceptors (Lipinski definition) is 5. The standard InChI is InChI=1S/C30H40N2O5/c1-17-7-10-21(11-8-17)32-28(33)22-15-18(2)25(27(29(34)35)37-30(4,5)6)26(19(22)3)20-9-12-24-23(16-20)31-13-14-36-24/h9,12,15-17,21,27,31H,7-8,10-11,13-14H2,1-6H3,(H,32,33)(H,34,35)/t17?,21?,27-/m0/s1. The van der Waals surface area contributed by atoms with Crippen LogP contribution in [-0.4, -0.2) is 41.8 Å². The molecule has 1 saturated carbocycles. The first-order valence-corrected chi connectivity index (χ1v) is 13.3. The molecule has 2 aromatic carbocycles. The summed E-state index contributed by atoms with van der Waals surface area (Å²) in [5, 5.41) is 16.9. The van der Waals surface area contributed by atoms with Gasteiger partial charge in [-0.3, -0.25) is 4.79 Å². The molecule has 0 unspecified atom stereocenters. The number of ether oxygens (including phenoxy) is 2. The molecule has 0 aromatic heterocycles. The van der Waals surface area contributed by atoms with Crippen molar-refractivity contribution in [3.05, 3.63) is 46.5 Å². The predicted molar refractivity (Wildman–Crippen MR) is 145 cm³/mol. The van der Waals surface area contributed by atoms with Crippen LogP contribution < -0.4 is 15.4 Å². The Balaban J connectivity index is 1.84. The van der Waals surface area contributed by atoms with Gasteiger partial charge in [-0.25, -0.2) is 4.79 Å². The van der Waals surface area contributed by atoms with Gasteiger partial charge in [-0.15, -0.1) is 0 Å². The highest BCUT2D eigenvalue weighted by Crippen LogP contribution is 2.41. The molecule has 4 rings (SSSR count). The molecule has 0 radical (unpaired) electrons. The number of amides is 1. The summed E-state index contributed by atoms with van der Waals surface area (Å²) in [5.74, 6) is 0.273. The number of carboxylic acid groups (broad SMARTS) is 1. The highest BCUT2D eigenvalue weighted by molar-refractivity contribution is 5.99. The third kappa shape index (κ3) is 6.09. The van der Waals surface area contributed by atoms with Gasteiger partial charge in [0, 0.05) is 23.7 Å². The van der Waals surface area contributed by atoms with Crippen molar-refractivity contribution in [3.8, 4) is 16.9 Å². The molecule has 1 fully saturated rings. The molecule has 7 nitrogen and oxygen atoms in total. The van der Waals surface area contributed by atoms with Crippen molar-refractivity contribution < 1.29 is 24.2 Å². The lowest BCUT2D eigenvalue weighted by Crippen LogP contribution is -2.38. The summed E-state index contributed by atoms with van der Waals surface area (Å²) in [6.45, 7) is 12.8. The summed E-state index contributed by atoms with van der Waals surface area (Å²) in [6, 6.07) is 7.77. The van der Waals surface area contributed by atoms with Crippen LogP contribution in [0.15, 0.2) is 24.3 Å². The van der Waals surface area contributed by atoms with E-state index in [-0.39, 0.29) is 11.9 Å². The van der Waals surface area contributed by atoms with Gasteiger partial charge < -0.3 is 25.2 Å². The third-order valence-corrected chi connectivity index (χ3v) is 7.33. The highest BCUT2D eigenvalue weighted by atomic mass is 16.5. The molecule has 1 amide bonds. The summed E-state index contributed by atoms with van der Waals surface area (Å²) >= 11 is 0. The SMILES string of the molecule is Cc1cc(C(=O)NC2CCC(C)CC2)c(C)c(-c2ccc3c(c2)NCCO3)c1[C@H](OC(C)(C)C)C(=O)O. The maximum atomic E-state index is 13.5. The molecule has 2 aromatic rings. The van der Waals surface area contributed by atoms with E-state index >= 15 is 0 Å². The molecule has 200 valence electrons. The fourth-order valence-corrected chi connectivity index (χ4v) is 5.43. The number of carbonyl (C=O) groups is 2. The second-order valence-electron chi connectivity index (χ2n) is 11.5. The number of aryl methyl sites for hydroxylation is 1. The first kappa shape index (κ1) is 27.0. The van der Waals surface area contributed by atoms with E-state index in [2.05, 4.69) is 17.6 Å². The van der Waals surface area contributed by atoms with Gasteiger partial charge in [0.15, 0.2) is 6.10 Å². The van der Waals surface area contributed by atoms with Crippen LogP contribution in [0.5, 0.6) is 5.75 Å². The summed E-state index contributed by atoms with van der Waals surface area (Å²) in [6.07, 6.45) is 2.99. The van der Waals surface area contributed by atoms with Crippen molar-refractivity contribution in [2.75, 3.05) is 18.5 Å². The third-order valence-electron chi connectivity index (χ3n) is 7.33. The number of hydrogen-bond donors (Lipinski definition) is 3. The number of carbonyl (C=O) groups excluding carboxylic acids is 1. The molecule has 1 aliphatic heterocycles. The topological polar surface area (TPSA) is 96.9 Å². The summed E-state index contributed by atoms with van der Waals surface area (Å²) < 4.78 is 11.8. The highest BCUT2D eigenvalue weighted by Gasteiger charge is 2.33. The zero-order valence-electron chi connectivity index (χ0n) is 22.9. The monoisotopic (exact) mass is 508 g/mol. The Hall–Kier alpha value is -3.06. The van der Waals surface area contributed by atoms with Crippen LogP contribution in [0.25, 0.3) is 11.1 Å². The van der Waals surface area contributed by atoms with E-state index in [1.54, 1.807) is 0 Å². The first-order chi connectivity index (χ1) is 17.4. The normalized spacial score (nSPS) is 20.3. The van der Waals surface area contributed by atoms with Crippen LogP contribution in [0.4, 0.5) is 5.69 Å². The summed E-state index contributed by atoms with van der Waals surface area (Å²) in [7, 11) is 0. The zero-order chi connectivity index (χ0) is 26.9. The minimum atomic E-state index is -1.19. The molecule has 3 N–H and O–H groups in total. The number of rotatable bonds is 6. The van der Waals surface area contributed by atoms with Gasteiger partial charge in [-0.05, 0) is 107 Å². The van der Waals surface area contributed by atoms with Gasteiger partial charge in [0.25, 0.3) is 5.91 Å². The van der Waals surface area contributed by atoms with Gasteiger partial charge >= 0.3 is 5.97 Å². The second-order valence-corrected chi connectivity index (χ2v) is 11.5. The quantitative estimate of drug-likeness (QED) is 0.441. The van der Waals surface area contributed by atoms with Crippen LogP contribution in [0.2, 0.25) is 0 Å². The smallest absolute Gasteiger partial charge is 0.337 e. The van der Waals surface area contributed by atoms with Gasteiger partial charge in [0.05, 0.1) is 11.3 Å². The molecule has 7 heteroatoms. The minimum absolute atomic E-state index is 0.115. The van der Waals surface area contributed by atoms with Gasteiger partial charge in [0.1, 0.15) is 12.4 Å². The first-order valence-electron chi connectivity index (χ1n) is 13.3. The lowest BCUT2D eigenvalue weighted by Gasteiger charge is -2.30. The zero-order valence-corrected chi connectivity index (χ0v) is 22.9. The van der Waals surface area contributed by atoms with Crippen LogP contribution in [0.3, 0.4) is 0 Å². The maximum Gasteiger partial charge on any atom is 0.337 e. The van der Waals surface area contributed by atoms with Crippen LogP contribution >= 0.6 is 0 Å². The van der Waals surface area contributed by atoms with Crippen LogP contribution in [0, 0.1) is 19.8 Å². The number of carboxylic acids is 1. The van der Waals surface area contributed by atoms with Gasteiger partial charge in [-0.2, -0.15) is 0 Å². The Morgan fingerprint density at radius 1 is 1.14 bits per heavy atom. The molecule has 1 heterocycles. The van der Waals surface area contributed by atoms with Crippen molar-refractivity contribution in [1.82, 2.24) is 5.32 Å². The van der Waals surface area contributed by atoms with Crippen molar-refractivity contribution in [2.24, 2.45) is 5.92 Å². The Morgan fingerprint density at radius 2 is 1.84 bits per heavy atom. The number of anilines is 1. The van der Waals surface area contributed by atoms with E-state index < -0.39 is 17.7 Å². The van der Waals surface area contributed by atoms with E-state index in [9.17, 15) is 14.7 Å². The Morgan fingerprint density at radius 3 is 2.49 bits per heavy atom. The summed E-state index contributed by atoms with van der Waals surface area (Å²) in [4.78, 5) is 26.1. The fraction of sp³-hybridized carbons (Fsp3) is 0.533. The van der Waals surface area contributed by atoms with Gasteiger partial charge in [0.2, 0.25) is 0 Å². The lowest BCUT2D eigenvalue weighted by molar-refractivity contribution is -0.160. The predicted octanol–water partition coefficient (Wildman–Crippen LogP) is 6.02. The number of aliphatic carboxylic acids is 1. The van der Waals surface area contributed by atoms with Crippen molar-refractivity contribution in [3.63, 3.8) is 0 Å².